The maximum absolute atomic E-state index is 12.2. The molecular weight excluding hydrogens is 242 g/mol. The number of benzene rings is 1. The van der Waals surface area contributed by atoms with Gasteiger partial charge >= 0.3 is 0 Å². The number of hydrogen-bond acceptors (Lipinski definition) is 3. The molecule has 0 aliphatic rings. The van der Waals surface area contributed by atoms with Crippen molar-refractivity contribution in [3.05, 3.63) is 35.9 Å². The van der Waals surface area contributed by atoms with Crippen molar-refractivity contribution < 1.29 is 9.59 Å². The minimum atomic E-state index is -0.675. The number of amides is 2. The summed E-state index contributed by atoms with van der Waals surface area (Å²) in [5.41, 5.74) is 11.0. The highest BCUT2D eigenvalue weighted by Gasteiger charge is 2.27. The number of rotatable bonds is 6. The third-order valence-corrected chi connectivity index (χ3v) is 2.83. The van der Waals surface area contributed by atoms with E-state index in [1.807, 2.05) is 30.3 Å². The van der Waals surface area contributed by atoms with Gasteiger partial charge in [0.2, 0.25) is 11.8 Å². The molecule has 2 amide bonds. The lowest BCUT2D eigenvalue weighted by atomic mass is 9.94. The Hall–Kier alpha value is -1.88. The number of primary amides is 1. The average Bonchev–Trinajstić information content (AvgIpc) is 2.28. The zero-order chi connectivity index (χ0) is 14.5. The van der Waals surface area contributed by atoms with Gasteiger partial charge in [-0.2, -0.15) is 0 Å². The first-order chi connectivity index (χ1) is 8.85. The van der Waals surface area contributed by atoms with Crippen molar-refractivity contribution >= 4 is 11.8 Å². The van der Waals surface area contributed by atoms with Crippen LogP contribution in [-0.2, 0) is 9.59 Å². The van der Waals surface area contributed by atoms with Gasteiger partial charge in [0, 0.05) is 18.5 Å². The zero-order valence-electron chi connectivity index (χ0n) is 11.3. The molecule has 5 nitrogen and oxygen atoms in total. The lowest BCUT2D eigenvalue weighted by Crippen LogP contribution is -2.48. The van der Waals surface area contributed by atoms with Gasteiger partial charge in [0.25, 0.3) is 0 Å². The molecule has 104 valence electrons. The van der Waals surface area contributed by atoms with Crippen LogP contribution in [-0.4, -0.2) is 23.9 Å². The maximum Gasteiger partial charge on any atom is 0.229 e. The molecule has 0 radical (unpaired) electrons. The van der Waals surface area contributed by atoms with Gasteiger partial charge in [-0.1, -0.05) is 30.3 Å². The minimum Gasteiger partial charge on any atom is -0.370 e. The highest BCUT2D eigenvalue weighted by Crippen LogP contribution is 2.17. The summed E-state index contributed by atoms with van der Waals surface area (Å²) in [5.74, 6) is -1.07. The van der Waals surface area contributed by atoms with E-state index in [0.717, 1.165) is 5.56 Å². The van der Waals surface area contributed by atoms with Crippen LogP contribution in [0.1, 0.15) is 31.7 Å². The Labute approximate surface area is 113 Å². The summed E-state index contributed by atoms with van der Waals surface area (Å²) in [5, 5.41) is 2.82. The summed E-state index contributed by atoms with van der Waals surface area (Å²) in [6.07, 6.45) is 0.0881. The minimum absolute atomic E-state index is 0.0881. The van der Waals surface area contributed by atoms with Crippen LogP contribution in [0.3, 0.4) is 0 Å². The van der Waals surface area contributed by atoms with Crippen LogP contribution in [0.15, 0.2) is 30.3 Å². The van der Waals surface area contributed by atoms with Crippen molar-refractivity contribution in [2.45, 2.75) is 31.7 Å². The quantitative estimate of drug-likeness (QED) is 0.697. The monoisotopic (exact) mass is 263 g/mol. The van der Waals surface area contributed by atoms with Gasteiger partial charge in [-0.25, -0.2) is 0 Å². The second-order valence-corrected chi connectivity index (χ2v) is 5.22. The van der Waals surface area contributed by atoms with E-state index in [9.17, 15) is 9.59 Å². The molecule has 0 aliphatic heterocycles. The molecule has 1 atom stereocenters. The van der Waals surface area contributed by atoms with Gasteiger partial charge < -0.3 is 16.8 Å². The van der Waals surface area contributed by atoms with E-state index >= 15 is 0 Å². The zero-order valence-corrected chi connectivity index (χ0v) is 11.3. The second-order valence-electron chi connectivity index (χ2n) is 5.22. The molecule has 0 saturated carbocycles. The molecule has 0 saturated heterocycles. The highest BCUT2D eigenvalue weighted by molar-refractivity contribution is 5.85. The van der Waals surface area contributed by atoms with E-state index in [4.69, 9.17) is 11.5 Å². The Morgan fingerprint density at radius 3 is 2.32 bits per heavy atom. The predicted octanol–water partition coefficient (Wildman–Crippen LogP) is 0.499. The van der Waals surface area contributed by atoms with E-state index < -0.39 is 17.4 Å². The molecule has 1 unspecified atom stereocenters. The van der Waals surface area contributed by atoms with Crippen molar-refractivity contribution in [1.29, 1.82) is 0 Å². The molecular formula is C14H21N3O2. The van der Waals surface area contributed by atoms with Gasteiger partial charge in [0.1, 0.15) is 0 Å². The smallest absolute Gasteiger partial charge is 0.229 e. The lowest BCUT2D eigenvalue weighted by molar-refractivity contribution is -0.125. The fourth-order valence-corrected chi connectivity index (χ4v) is 1.98. The van der Waals surface area contributed by atoms with Crippen molar-refractivity contribution in [3.63, 3.8) is 0 Å². The first-order valence-corrected chi connectivity index (χ1v) is 6.21. The highest BCUT2D eigenvalue weighted by atomic mass is 16.2. The summed E-state index contributed by atoms with van der Waals surface area (Å²) in [6.45, 7) is 3.73. The molecule has 0 aliphatic carbocycles. The Morgan fingerprint density at radius 1 is 1.26 bits per heavy atom. The van der Waals surface area contributed by atoms with Crippen LogP contribution < -0.4 is 16.8 Å². The van der Waals surface area contributed by atoms with Gasteiger partial charge in [-0.3, -0.25) is 9.59 Å². The Bertz CT molecular complexity index is 443. The van der Waals surface area contributed by atoms with Crippen LogP contribution in [0.5, 0.6) is 0 Å². The average molecular weight is 263 g/mol. The first kappa shape index (κ1) is 15.2. The predicted molar refractivity (Wildman–Crippen MR) is 74.3 cm³/mol. The van der Waals surface area contributed by atoms with Crippen molar-refractivity contribution in [2.75, 3.05) is 6.54 Å². The molecule has 5 N–H and O–H groups in total. The fourth-order valence-electron chi connectivity index (χ4n) is 1.98. The molecule has 0 spiro atoms. The van der Waals surface area contributed by atoms with Crippen LogP contribution in [0.25, 0.3) is 0 Å². The van der Waals surface area contributed by atoms with Crippen molar-refractivity contribution in [1.82, 2.24) is 5.32 Å². The van der Waals surface area contributed by atoms with Crippen LogP contribution >= 0.6 is 0 Å². The topological polar surface area (TPSA) is 98.2 Å². The van der Waals surface area contributed by atoms with Crippen LogP contribution in [0, 0.1) is 0 Å². The second kappa shape index (κ2) is 6.33. The molecule has 1 aromatic carbocycles. The summed E-state index contributed by atoms with van der Waals surface area (Å²) in [7, 11) is 0. The van der Waals surface area contributed by atoms with Crippen LogP contribution in [0.2, 0.25) is 0 Å². The molecule has 1 aromatic rings. The van der Waals surface area contributed by atoms with E-state index in [1.165, 1.54) is 0 Å². The summed E-state index contributed by atoms with van der Waals surface area (Å²) in [4.78, 5) is 23.2. The third-order valence-electron chi connectivity index (χ3n) is 2.83. The Balaban J connectivity index is 2.78. The van der Waals surface area contributed by atoms with Gasteiger partial charge in [-0.15, -0.1) is 0 Å². The lowest BCUT2D eigenvalue weighted by Gasteiger charge is -2.27. The number of nitrogens with one attached hydrogen (secondary N) is 1. The first-order valence-electron chi connectivity index (χ1n) is 6.21. The largest absolute Gasteiger partial charge is 0.370 e. The molecule has 0 bridgehead atoms. The van der Waals surface area contributed by atoms with Crippen LogP contribution in [0.4, 0.5) is 0 Å². The molecule has 5 heteroatoms. The molecule has 0 aromatic heterocycles. The van der Waals surface area contributed by atoms with Gasteiger partial charge in [0.15, 0.2) is 0 Å². The standard InChI is InChI=1S/C14H21N3O2/c1-14(2,8-12(16)18)17-13(19)11(9-15)10-6-4-3-5-7-10/h3-7,11H,8-9,15H2,1-2H3,(H2,16,18)(H,17,19). The van der Waals surface area contributed by atoms with E-state index in [2.05, 4.69) is 5.32 Å². The van der Waals surface area contributed by atoms with E-state index in [1.54, 1.807) is 13.8 Å². The Kier molecular flexibility index (Phi) is 5.06. The SMILES string of the molecule is CC(C)(CC(N)=O)NC(=O)C(CN)c1ccccc1. The number of hydrogen-bond donors (Lipinski definition) is 3. The fraction of sp³-hybridized carbons (Fsp3) is 0.429. The normalized spacial score (nSPS) is 12.8. The molecule has 19 heavy (non-hydrogen) atoms. The molecule has 0 heterocycles. The van der Waals surface area contributed by atoms with E-state index in [0.29, 0.717) is 0 Å². The number of nitrogens with two attached hydrogens (primary N) is 2. The van der Waals surface area contributed by atoms with Gasteiger partial charge in [0.05, 0.1) is 5.92 Å². The summed E-state index contributed by atoms with van der Waals surface area (Å²) < 4.78 is 0. The third kappa shape index (κ3) is 4.71. The number of carbonyl (C=O) groups excluding carboxylic acids is 2. The van der Waals surface area contributed by atoms with Crippen molar-refractivity contribution in [2.24, 2.45) is 11.5 Å². The molecule has 1 rings (SSSR count). The summed E-state index contributed by atoms with van der Waals surface area (Å²) in [6, 6.07) is 9.32. The van der Waals surface area contributed by atoms with Crippen molar-refractivity contribution in [3.8, 4) is 0 Å². The Morgan fingerprint density at radius 2 is 1.84 bits per heavy atom. The molecule has 0 fully saturated rings. The summed E-state index contributed by atoms with van der Waals surface area (Å²) >= 11 is 0. The van der Waals surface area contributed by atoms with Gasteiger partial charge in [-0.05, 0) is 19.4 Å². The maximum atomic E-state index is 12.2. The number of carbonyl (C=O) groups is 2. The van der Waals surface area contributed by atoms with E-state index in [-0.39, 0.29) is 18.9 Å².